The van der Waals surface area contributed by atoms with Gasteiger partial charge in [0.25, 0.3) is 15.9 Å². The number of nitrogens with zero attached hydrogens (tertiary/aromatic N) is 1. The zero-order valence-electron chi connectivity index (χ0n) is 23.9. The average molecular weight is 633 g/mol. The predicted molar refractivity (Wildman–Crippen MR) is 165 cm³/mol. The number of fused-ring (bicyclic) bond motifs is 2. The Labute approximate surface area is 258 Å². The lowest BCUT2D eigenvalue weighted by molar-refractivity contribution is 0.00778. The molecule has 0 bridgehead atoms. The van der Waals surface area contributed by atoms with Crippen molar-refractivity contribution >= 4 is 37.5 Å². The minimum Gasteiger partial charge on any atom is -0.490 e. The lowest BCUT2D eigenvalue weighted by atomic mass is 9.83. The zero-order chi connectivity index (χ0) is 31.0. The number of halogens is 1. The van der Waals surface area contributed by atoms with Crippen LogP contribution in [-0.2, 0) is 23.1 Å². The summed E-state index contributed by atoms with van der Waals surface area (Å²) in [6.45, 7) is 3.73. The van der Waals surface area contributed by atoms with Gasteiger partial charge < -0.3 is 14.6 Å². The third-order valence-corrected chi connectivity index (χ3v) is 10.1. The second-order valence-corrected chi connectivity index (χ2v) is 13.5. The quantitative estimate of drug-likeness (QED) is 0.212. The van der Waals surface area contributed by atoms with Gasteiger partial charge in [0.05, 0.1) is 21.2 Å². The van der Waals surface area contributed by atoms with Gasteiger partial charge in [-0.25, -0.2) is 22.5 Å². The average Bonchev–Trinajstić information content (AvgIpc) is 3.40. The van der Waals surface area contributed by atoms with Crippen LogP contribution in [0, 0.1) is 18.7 Å². The Morgan fingerprint density at radius 2 is 1.89 bits per heavy atom. The summed E-state index contributed by atoms with van der Waals surface area (Å²) in [7, 11) is -4.05. The number of aryl methyl sites for hydroxylation is 1. The fourth-order valence-electron chi connectivity index (χ4n) is 5.37. The van der Waals surface area contributed by atoms with Gasteiger partial charge in [0.2, 0.25) is 0 Å². The highest BCUT2D eigenvalue weighted by atomic mass is 32.2. The van der Waals surface area contributed by atoms with Crippen molar-refractivity contribution in [3.8, 4) is 11.5 Å². The van der Waals surface area contributed by atoms with Gasteiger partial charge in [-0.2, -0.15) is 0 Å². The van der Waals surface area contributed by atoms with E-state index < -0.39 is 22.0 Å². The topological polar surface area (TPSA) is 115 Å². The summed E-state index contributed by atoms with van der Waals surface area (Å²) in [5, 5.41) is 12.1. The van der Waals surface area contributed by atoms with E-state index in [1.807, 2.05) is 13.0 Å². The summed E-state index contributed by atoms with van der Waals surface area (Å²) in [6.07, 6.45) is -0.853. The predicted octanol–water partition coefficient (Wildman–Crippen LogP) is 6.11. The lowest BCUT2D eigenvalue weighted by Gasteiger charge is -2.36. The number of rotatable bonds is 8. The fraction of sp³-hybridized carbons (Fsp3) is 0.212. The number of aliphatic hydroxyl groups excluding tert-OH is 1. The van der Waals surface area contributed by atoms with Crippen molar-refractivity contribution in [3.63, 3.8) is 0 Å². The Morgan fingerprint density at radius 3 is 2.70 bits per heavy atom. The molecule has 226 valence electrons. The fourth-order valence-corrected chi connectivity index (χ4v) is 7.45. The molecule has 3 atom stereocenters. The first-order valence-corrected chi connectivity index (χ1v) is 16.3. The maximum atomic E-state index is 13.5. The Morgan fingerprint density at radius 1 is 1.07 bits per heavy atom. The molecule has 0 saturated heterocycles. The van der Waals surface area contributed by atoms with Crippen molar-refractivity contribution in [2.75, 3.05) is 0 Å². The molecule has 6 rings (SSSR count). The number of aromatic nitrogens is 1. The van der Waals surface area contributed by atoms with Gasteiger partial charge >= 0.3 is 0 Å². The van der Waals surface area contributed by atoms with Gasteiger partial charge in [0.1, 0.15) is 35.0 Å². The maximum Gasteiger partial charge on any atom is 0.265 e. The van der Waals surface area contributed by atoms with Crippen LogP contribution >= 0.6 is 11.3 Å². The molecule has 1 amide bonds. The first-order valence-electron chi connectivity index (χ1n) is 14.0. The number of carbonyl (C=O) groups is 1. The highest BCUT2D eigenvalue weighted by molar-refractivity contribution is 7.90. The standard InChI is InChI=1S/C33H29FN2O6S2/c1-19-6-3-4-9-30(19)44(39,40)36-33(38)22-8-5-7-21(14-22)15-25-20(2)42-28-12-11-24(17-26(28)32(25)37)41-18-31-35-27-16-23(34)10-13-29(27)43-31/h3-14,16-17,20,25,32,37H,15,18H2,1-2H3,(H,36,38)/t20-,25-,32-/m1/s1. The monoisotopic (exact) mass is 632 g/mol. The molecule has 4 aromatic carbocycles. The summed E-state index contributed by atoms with van der Waals surface area (Å²) in [5.74, 6) is -0.360. The Balaban J connectivity index is 1.15. The molecule has 5 aromatic rings. The summed E-state index contributed by atoms with van der Waals surface area (Å²) in [6, 6.07) is 22.9. The highest BCUT2D eigenvalue weighted by Gasteiger charge is 2.35. The molecule has 0 saturated carbocycles. The van der Waals surface area contributed by atoms with E-state index in [0.717, 1.165) is 10.3 Å². The molecular weight excluding hydrogens is 604 g/mol. The van der Waals surface area contributed by atoms with Crippen LogP contribution in [0.25, 0.3) is 10.2 Å². The van der Waals surface area contributed by atoms with Crippen LogP contribution < -0.4 is 14.2 Å². The molecular formula is C33H29FN2O6S2. The Hall–Kier alpha value is -4.32. The SMILES string of the molecule is Cc1ccccc1S(=O)(=O)NC(=O)c1cccc(C[C@@H]2[C@@H](C)Oc3ccc(OCc4nc5cc(F)ccc5s4)cc3[C@@H]2O)c1. The number of sulfonamides is 1. The van der Waals surface area contributed by atoms with E-state index in [1.165, 1.54) is 29.5 Å². The molecule has 1 aliphatic rings. The normalized spacial score (nSPS) is 18.0. The largest absolute Gasteiger partial charge is 0.490 e. The van der Waals surface area contributed by atoms with Crippen molar-refractivity contribution in [3.05, 3.63) is 118 Å². The third kappa shape index (κ3) is 6.17. The van der Waals surface area contributed by atoms with Crippen LogP contribution in [0.5, 0.6) is 11.5 Å². The third-order valence-electron chi connectivity index (χ3n) is 7.65. The van der Waals surface area contributed by atoms with Crippen LogP contribution in [-0.4, -0.2) is 30.5 Å². The molecule has 44 heavy (non-hydrogen) atoms. The second kappa shape index (κ2) is 12.0. The number of benzene rings is 4. The van der Waals surface area contributed by atoms with Gasteiger partial charge in [-0.15, -0.1) is 11.3 Å². The van der Waals surface area contributed by atoms with E-state index in [-0.39, 0.29) is 34.9 Å². The number of hydrogen-bond acceptors (Lipinski definition) is 8. The van der Waals surface area contributed by atoms with Crippen LogP contribution in [0.15, 0.2) is 89.8 Å². The number of amides is 1. The van der Waals surface area contributed by atoms with Gasteiger partial charge in [-0.1, -0.05) is 30.3 Å². The molecule has 8 nitrogen and oxygen atoms in total. The van der Waals surface area contributed by atoms with Crippen molar-refractivity contribution in [1.82, 2.24) is 9.71 Å². The number of thiazole rings is 1. The van der Waals surface area contributed by atoms with Gasteiger partial charge in [-0.3, -0.25) is 4.79 Å². The van der Waals surface area contributed by atoms with Crippen molar-refractivity contribution < 1.29 is 32.2 Å². The molecule has 0 spiro atoms. The molecule has 2 N–H and O–H groups in total. The number of nitrogens with one attached hydrogen (secondary N) is 1. The highest BCUT2D eigenvalue weighted by Crippen LogP contribution is 2.42. The van der Waals surface area contributed by atoms with Crippen molar-refractivity contribution in [2.45, 2.75) is 44.0 Å². The molecule has 2 heterocycles. The van der Waals surface area contributed by atoms with Crippen molar-refractivity contribution in [2.24, 2.45) is 5.92 Å². The minimum atomic E-state index is -4.05. The maximum absolute atomic E-state index is 13.5. The van der Waals surface area contributed by atoms with Crippen LogP contribution in [0.4, 0.5) is 4.39 Å². The number of hydrogen-bond donors (Lipinski definition) is 2. The van der Waals surface area contributed by atoms with Crippen LogP contribution in [0.1, 0.15) is 45.1 Å². The van der Waals surface area contributed by atoms with Crippen LogP contribution in [0.3, 0.4) is 0 Å². The summed E-state index contributed by atoms with van der Waals surface area (Å²) in [4.78, 5) is 17.4. The molecule has 0 unspecified atom stereocenters. The minimum absolute atomic E-state index is 0.0401. The molecule has 11 heteroatoms. The molecule has 0 aliphatic carbocycles. The first-order chi connectivity index (χ1) is 21.1. The second-order valence-electron chi connectivity index (χ2n) is 10.7. The van der Waals surface area contributed by atoms with Gasteiger partial charge in [0.15, 0.2) is 0 Å². The number of aliphatic hydroxyl groups is 1. The summed E-state index contributed by atoms with van der Waals surface area (Å²) < 4.78 is 54.3. The van der Waals surface area contributed by atoms with E-state index in [1.54, 1.807) is 67.6 Å². The summed E-state index contributed by atoms with van der Waals surface area (Å²) >= 11 is 1.42. The van der Waals surface area contributed by atoms with E-state index in [2.05, 4.69) is 9.71 Å². The summed E-state index contributed by atoms with van der Waals surface area (Å²) in [5.41, 5.74) is 2.62. The van der Waals surface area contributed by atoms with Crippen molar-refractivity contribution in [1.29, 1.82) is 0 Å². The van der Waals surface area contributed by atoms with Gasteiger partial charge in [-0.05, 0) is 79.9 Å². The zero-order valence-corrected chi connectivity index (χ0v) is 25.5. The van der Waals surface area contributed by atoms with E-state index >= 15 is 0 Å². The molecule has 0 radical (unpaired) electrons. The lowest BCUT2D eigenvalue weighted by Crippen LogP contribution is -2.35. The number of carbonyl (C=O) groups excluding carboxylic acids is 1. The molecule has 1 aromatic heterocycles. The van der Waals surface area contributed by atoms with E-state index in [0.29, 0.717) is 39.6 Å². The first kappa shape index (κ1) is 29.7. The van der Waals surface area contributed by atoms with Crippen LogP contribution in [0.2, 0.25) is 0 Å². The van der Waals surface area contributed by atoms with Gasteiger partial charge in [0, 0.05) is 23.1 Å². The Bertz CT molecular complexity index is 1980. The van der Waals surface area contributed by atoms with E-state index in [9.17, 15) is 22.7 Å². The molecule has 0 fully saturated rings. The smallest absolute Gasteiger partial charge is 0.265 e. The number of ether oxygens (including phenoxy) is 2. The Kier molecular flexibility index (Phi) is 8.10. The van der Waals surface area contributed by atoms with E-state index in [4.69, 9.17) is 9.47 Å². The molecule has 1 aliphatic heterocycles.